The van der Waals surface area contributed by atoms with Gasteiger partial charge in [0.2, 0.25) is 0 Å². The number of benzene rings is 2. The Morgan fingerprint density at radius 3 is 2.36 bits per heavy atom. The Balaban J connectivity index is 1.60. The Kier molecular flexibility index (Phi) is 4.46. The lowest BCUT2D eigenvalue weighted by Crippen LogP contribution is -2.39. The number of hydrogen-bond acceptors (Lipinski definition) is 7. The summed E-state index contributed by atoms with van der Waals surface area (Å²) in [4.78, 5) is 27.1. The minimum atomic E-state index is -0.828. The summed E-state index contributed by atoms with van der Waals surface area (Å²) in [5.41, 5.74) is 2.57. The normalized spacial score (nSPS) is 20.7. The zero-order valence-electron chi connectivity index (χ0n) is 15.8. The first-order valence-electron chi connectivity index (χ1n) is 8.86. The Bertz CT molecular complexity index is 957. The van der Waals surface area contributed by atoms with Crippen molar-refractivity contribution in [1.82, 2.24) is 5.01 Å². The lowest BCUT2D eigenvalue weighted by atomic mass is 10.1. The number of ether oxygens (including phenoxy) is 2. The van der Waals surface area contributed by atoms with E-state index in [-0.39, 0.29) is 5.91 Å². The van der Waals surface area contributed by atoms with Crippen molar-refractivity contribution in [3.8, 4) is 11.5 Å². The van der Waals surface area contributed by atoms with Gasteiger partial charge in [0, 0.05) is 6.07 Å². The maximum Gasteiger partial charge on any atom is 0.263 e. The fourth-order valence-corrected chi connectivity index (χ4v) is 3.45. The van der Waals surface area contributed by atoms with Crippen molar-refractivity contribution in [1.29, 1.82) is 0 Å². The van der Waals surface area contributed by atoms with E-state index in [1.807, 2.05) is 31.2 Å². The molecule has 0 bridgehead atoms. The lowest BCUT2D eigenvalue weighted by Gasteiger charge is -2.21. The number of nitrogens with zero attached hydrogens (tertiary/aromatic N) is 4. The second-order valence-corrected chi connectivity index (χ2v) is 6.73. The molecule has 1 fully saturated rings. The minimum Gasteiger partial charge on any atom is -0.493 e. The second-order valence-electron chi connectivity index (χ2n) is 6.73. The molecule has 0 saturated carbocycles. The van der Waals surface area contributed by atoms with Gasteiger partial charge in [-0.3, -0.25) is 14.6 Å². The van der Waals surface area contributed by atoms with E-state index < -0.39 is 18.0 Å². The topological polar surface area (TPSA) is 83.8 Å². The summed E-state index contributed by atoms with van der Waals surface area (Å²) in [7, 11) is 3.03. The summed E-state index contributed by atoms with van der Waals surface area (Å²) < 4.78 is 10.5. The van der Waals surface area contributed by atoms with Crippen molar-refractivity contribution >= 4 is 17.5 Å². The molecule has 2 aliphatic rings. The molecular formula is C20H20N4O4. The Morgan fingerprint density at radius 2 is 1.68 bits per heavy atom. The quantitative estimate of drug-likeness (QED) is 0.744. The van der Waals surface area contributed by atoms with Crippen molar-refractivity contribution in [2.75, 3.05) is 19.1 Å². The maximum atomic E-state index is 13.1. The molecule has 2 atom stereocenters. The average Bonchev–Trinajstić information content (AvgIpc) is 3.23. The van der Waals surface area contributed by atoms with Gasteiger partial charge >= 0.3 is 0 Å². The lowest BCUT2D eigenvalue weighted by molar-refractivity contribution is -0.123. The van der Waals surface area contributed by atoms with Crippen LogP contribution in [0.4, 0.5) is 5.69 Å². The van der Waals surface area contributed by atoms with Crippen LogP contribution in [0.2, 0.25) is 0 Å². The highest BCUT2D eigenvalue weighted by atomic mass is 16.5. The van der Waals surface area contributed by atoms with Gasteiger partial charge in [-0.05, 0) is 24.6 Å². The van der Waals surface area contributed by atoms with Gasteiger partial charge in [-0.1, -0.05) is 35.1 Å². The molecule has 0 N–H and O–H groups in total. The van der Waals surface area contributed by atoms with Crippen molar-refractivity contribution in [3.05, 3.63) is 53.6 Å². The molecule has 2 aromatic carbocycles. The SMILES string of the molecule is COc1ccc(N2C(=O)[C@H]3N=NN(Cc4ccc(C)cc4)[C@H]3C2=O)cc1OC. The summed E-state index contributed by atoms with van der Waals surface area (Å²) >= 11 is 0. The largest absolute Gasteiger partial charge is 0.493 e. The second kappa shape index (κ2) is 6.95. The first kappa shape index (κ1) is 18.0. The van der Waals surface area contributed by atoms with Gasteiger partial charge in [0.1, 0.15) is 0 Å². The first-order chi connectivity index (χ1) is 13.5. The van der Waals surface area contributed by atoms with E-state index in [4.69, 9.17) is 9.47 Å². The number of carbonyl (C=O) groups excluding carboxylic acids is 2. The zero-order valence-corrected chi connectivity index (χ0v) is 15.8. The van der Waals surface area contributed by atoms with Crippen molar-refractivity contribution < 1.29 is 19.1 Å². The number of carbonyl (C=O) groups is 2. The third kappa shape index (κ3) is 2.87. The molecule has 8 nitrogen and oxygen atoms in total. The molecule has 0 unspecified atom stereocenters. The van der Waals surface area contributed by atoms with Gasteiger partial charge in [0.15, 0.2) is 23.6 Å². The van der Waals surface area contributed by atoms with Crippen LogP contribution in [0.5, 0.6) is 11.5 Å². The van der Waals surface area contributed by atoms with Crippen LogP contribution in [0.3, 0.4) is 0 Å². The molecule has 2 heterocycles. The molecule has 2 amide bonds. The van der Waals surface area contributed by atoms with Gasteiger partial charge in [-0.15, -0.1) is 0 Å². The van der Waals surface area contributed by atoms with E-state index in [1.54, 1.807) is 23.2 Å². The van der Waals surface area contributed by atoms with E-state index >= 15 is 0 Å². The van der Waals surface area contributed by atoms with Crippen LogP contribution in [0.25, 0.3) is 0 Å². The van der Waals surface area contributed by atoms with Crippen LogP contribution in [0, 0.1) is 6.92 Å². The standard InChI is InChI=1S/C20H20N4O4/c1-12-4-6-13(7-5-12)11-23-18-17(21-22-23)19(25)24(20(18)26)14-8-9-15(27-2)16(10-14)28-3/h4-10,17-18H,11H2,1-3H3/t17-,18+/m0/s1. The molecular weight excluding hydrogens is 360 g/mol. The van der Waals surface area contributed by atoms with Crippen molar-refractivity contribution in [2.45, 2.75) is 25.6 Å². The maximum absolute atomic E-state index is 13.1. The minimum absolute atomic E-state index is 0.348. The van der Waals surface area contributed by atoms with Crippen molar-refractivity contribution in [2.24, 2.45) is 10.3 Å². The third-order valence-electron chi connectivity index (χ3n) is 4.95. The number of rotatable bonds is 5. The van der Waals surface area contributed by atoms with E-state index in [2.05, 4.69) is 10.3 Å². The molecule has 8 heteroatoms. The molecule has 0 radical (unpaired) electrons. The van der Waals surface area contributed by atoms with E-state index in [1.165, 1.54) is 14.2 Å². The number of aryl methyl sites for hydroxylation is 1. The summed E-state index contributed by atoms with van der Waals surface area (Å²) in [5, 5.41) is 9.71. The van der Waals surface area contributed by atoms with Gasteiger partial charge in [0.25, 0.3) is 11.8 Å². The summed E-state index contributed by atoms with van der Waals surface area (Å²) in [5.74, 6) is 0.221. The smallest absolute Gasteiger partial charge is 0.263 e. The number of imide groups is 1. The fourth-order valence-electron chi connectivity index (χ4n) is 3.45. The van der Waals surface area contributed by atoms with Gasteiger partial charge in [-0.2, -0.15) is 5.11 Å². The van der Waals surface area contributed by atoms with E-state index in [0.717, 1.165) is 16.0 Å². The van der Waals surface area contributed by atoms with Crippen LogP contribution >= 0.6 is 0 Å². The molecule has 2 aliphatic heterocycles. The van der Waals surface area contributed by atoms with Crippen LogP contribution in [0.1, 0.15) is 11.1 Å². The molecule has 28 heavy (non-hydrogen) atoms. The molecule has 0 spiro atoms. The number of methoxy groups -OCH3 is 2. The number of anilines is 1. The van der Waals surface area contributed by atoms with Gasteiger partial charge in [-0.25, -0.2) is 4.90 Å². The zero-order chi connectivity index (χ0) is 19.8. The van der Waals surface area contributed by atoms with Gasteiger partial charge < -0.3 is 9.47 Å². The predicted molar refractivity (Wildman–Crippen MR) is 101 cm³/mol. The highest BCUT2D eigenvalue weighted by Crippen LogP contribution is 2.36. The van der Waals surface area contributed by atoms with Crippen molar-refractivity contribution in [3.63, 3.8) is 0 Å². The Morgan fingerprint density at radius 1 is 0.964 bits per heavy atom. The van der Waals surface area contributed by atoms with Crippen LogP contribution in [0.15, 0.2) is 52.8 Å². The molecule has 144 valence electrons. The molecule has 1 saturated heterocycles. The number of fused-ring (bicyclic) bond motifs is 1. The van der Waals surface area contributed by atoms with Crippen LogP contribution < -0.4 is 14.4 Å². The molecule has 2 aromatic rings. The highest BCUT2D eigenvalue weighted by molar-refractivity contribution is 6.25. The Hall–Kier alpha value is -3.42. The van der Waals surface area contributed by atoms with E-state index in [9.17, 15) is 9.59 Å². The van der Waals surface area contributed by atoms with Crippen LogP contribution in [-0.4, -0.2) is 43.1 Å². The summed E-state index contributed by atoms with van der Waals surface area (Å²) in [6.07, 6.45) is 0. The molecule has 4 rings (SSSR count). The predicted octanol–water partition coefficient (Wildman–Crippen LogP) is 2.51. The summed E-state index contributed by atoms with van der Waals surface area (Å²) in [6, 6.07) is 11.3. The fraction of sp³-hybridized carbons (Fsp3) is 0.300. The number of amides is 2. The average molecular weight is 380 g/mol. The van der Waals surface area contributed by atoms with Crippen LogP contribution in [-0.2, 0) is 16.1 Å². The summed E-state index contributed by atoms with van der Waals surface area (Å²) in [6.45, 7) is 2.42. The number of hydrogen-bond donors (Lipinski definition) is 0. The van der Waals surface area contributed by atoms with Gasteiger partial charge in [0.05, 0.1) is 26.5 Å². The third-order valence-corrected chi connectivity index (χ3v) is 4.95. The van der Waals surface area contributed by atoms with E-state index in [0.29, 0.717) is 23.7 Å². The first-order valence-corrected chi connectivity index (χ1v) is 8.86. The Labute approximate surface area is 162 Å². The highest BCUT2D eigenvalue weighted by Gasteiger charge is 2.54. The monoisotopic (exact) mass is 380 g/mol. The molecule has 0 aliphatic carbocycles. The molecule has 0 aromatic heterocycles.